The Balaban J connectivity index is 1.19. The lowest BCUT2D eigenvalue weighted by molar-refractivity contribution is -0.124. The zero-order chi connectivity index (χ0) is 66.7. The number of nitrogens with two attached hydrogens (primary N) is 6. The molecule has 492 valence electrons. The van der Waals surface area contributed by atoms with Crippen molar-refractivity contribution >= 4 is 77.3 Å². The van der Waals surface area contributed by atoms with Gasteiger partial charge in [-0.15, -0.1) is 0 Å². The zero-order valence-electron chi connectivity index (χ0n) is 53.3. The molecule has 1 aromatic carbocycles. The van der Waals surface area contributed by atoms with Crippen molar-refractivity contribution in [1.29, 1.82) is 0 Å². The third kappa shape index (κ3) is 13.0. The number of phosphoric ester groups is 1. The predicted octanol–water partition coefficient (Wildman–Crippen LogP) is 3.16. The first-order chi connectivity index (χ1) is 41.8. The summed E-state index contributed by atoms with van der Waals surface area (Å²) in [6.07, 6.45) is -4.26. The lowest BCUT2D eigenvalue weighted by atomic mass is 9.55. The van der Waals surface area contributed by atoms with Gasteiger partial charge in [-0.2, -0.15) is 0 Å². The molecule has 28 heteroatoms. The maximum atomic E-state index is 14.4. The molecule has 0 radical (unpaired) electrons. The predicted molar refractivity (Wildman–Crippen MR) is 334 cm³/mol. The third-order valence-electron chi connectivity index (χ3n) is 20.6. The smallest absolute Gasteiger partial charge is 0.394 e. The van der Waals surface area contributed by atoms with Crippen molar-refractivity contribution in [1.82, 2.24) is 20.2 Å². The molecule has 10 unspecified atom stereocenters. The number of aryl methyl sites for hydroxylation is 2. The molecule has 8 rings (SSSR count). The number of phosphoric acid groups is 1. The van der Waals surface area contributed by atoms with Crippen LogP contribution in [0.25, 0.3) is 11.0 Å². The number of amides is 7. The van der Waals surface area contributed by atoms with Gasteiger partial charge in [0, 0.05) is 131 Å². The molecule has 0 aliphatic carbocycles. The number of ether oxygens (including phenoxy) is 1. The number of aromatic nitrogens is 2. The Hall–Kier alpha value is -7.00. The van der Waals surface area contributed by atoms with Crippen molar-refractivity contribution < 1.29 is 67.0 Å². The number of hydrogen-bond acceptors (Lipinski definition) is 18. The van der Waals surface area contributed by atoms with Gasteiger partial charge in [-0.25, -0.2) is 9.55 Å². The van der Waals surface area contributed by atoms with Crippen LogP contribution in [0.5, 0.6) is 0 Å². The van der Waals surface area contributed by atoms with Gasteiger partial charge in [0.1, 0.15) is 18.3 Å². The van der Waals surface area contributed by atoms with Crippen LogP contribution in [0.4, 0.5) is 0 Å². The highest BCUT2D eigenvalue weighted by Crippen LogP contribution is 2.63. The minimum Gasteiger partial charge on any atom is -0.394 e. The summed E-state index contributed by atoms with van der Waals surface area (Å²) in [7, 11) is -5.07. The molecule has 0 saturated carbocycles. The van der Waals surface area contributed by atoms with E-state index in [0.717, 1.165) is 11.1 Å². The van der Waals surface area contributed by atoms with Crippen LogP contribution in [0.3, 0.4) is 0 Å². The van der Waals surface area contributed by atoms with E-state index in [0.29, 0.717) is 56.4 Å². The molecule has 7 amide bonds. The number of allylic oxidation sites excluding steroid dienone is 6. The van der Waals surface area contributed by atoms with Crippen LogP contribution in [-0.4, -0.2) is 132 Å². The standard InChI is InChI=1S/C62H90N13O14P/c1-29-20-39-40(21-30(29)2)75(28-70-39)57-52(84)53(41(27-76)87-57)89-90(85,86)88-31(3)26-69-49(83)18-19-59(8)37(22-46(66)80)56-62(11)61(10,25-48(68)82)36(14-17-45(65)79)51(74-62)33(5)55-60(9,24-47(67)81)34(12-15-43(63)77)38(71-55)23-42-58(6,7)35(13-16-44(64)78)50(72-42)32(4)54(59)73-56/h20-21,23,28,31,34-37,41,52-53,56-57,71,76,84H,12-19,22,24-27H2,1-11H3,(H2,63,77)(H2,64,78)(H2,65,79)(H2,66,80)(H2,67,81)(H2,68,82)(H,69,83)(H,85,86)/t31?,34?,35?,36?,37-,41+,52+,53+,56?,57?,59+,60?,61?,62?/m0/s1. The van der Waals surface area contributed by atoms with E-state index in [2.05, 4.69) is 15.6 Å². The lowest BCUT2D eigenvalue weighted by Crippen LogP contribution is -2.56. The van der Waals surface area contributed by atoms with E-state index >= 15 is 0 Å². The highest BCUT2D eigenvalue weighted by molar-refractivity contribution is 7.47. The van der Waals surface area contributed by atoms with Gasteiger partial charge in [-0.05, 0) is 108 Å². The second kappa shape index (κ2) is 25.6. The summed E-state index contributed by atoms with van der Waals surface area (Å²) in [5.74, 6) is -7.18. The summed E-state index contributed by atoms with van der Waals surface area (Å²) >= 11 is 0. The maximum absolute atomic E-state index is 14.4. The van der Waals surface area contributed by atoms with Crippen LogP contribution >= 0.6 is 7.82 Å². The number of benzene rings is 1. The SMILES string of the molecule is CC1=C2N=C(C=C3NC(=C(C)C4=NC(C)(C5N=C1[C@](C)(CCC(=O)NCC(C)OP(=O)(O)O[C@@H]1[C@@H](CO)OC(n6cnc7cc(C)c(C)cc76)[C@@H]1O)[C@H]5CC(N)=O)C(C)(CC(N)=O)C4CCC(N)=O)C(C)(CC(N)=O)C3CCC(N)=O)C(C)(C)C2CCC(N)=O. The fourth-order valence-corrected chi connectivity index (χ4v) is 16.6. The van der Waals surface area contributed by atoms with E-state index in [1.165, 1.54) is 13.3 Å². The summed E-state index contributed by atoms with van der Waals surface area (Å²) in [6, 6.07) is 2.70. The Morgan fingerprint density at radius 1 is 0.800 bits per heavy atom. The number of nitrogens with zero attached hydrogens (tertiary/aromatic N) is 5. The average molecular weight is 1270 g/mol. The van der Waals surface area contributed by atoms with E-state index in [1.54, 1.807) is 4.57 Å². The number of hydrogen-bond donors (Lipinski definition) is 11. The van der Waals surface area contributed by atoms with Crippen LogP contribution in [0.2, 0.25) is 0 Å². The minimum absolute atomic E-state index is 0.0114. The first-order valence-electron chi connectivity index (χ1n) is 30.6. The Kier molecular flexibility index (Phi) is 19.6. The number of aliphatic imine (C=N–C) groups is 3. The van der Waals surface area contributed by atoms with Crippen molar-refractivity contribution in [2.45, 2.75) is 189 Å². The summed E-state index contributed by atoms with van der Waals surface area (Å²) in [6.45, 7) is 19.3. The van der Waals surface area contributed by atoms with Gasteiger partial charge in [0.15, 0.2) is 6.23 Å². The molecule has 2 fully saturated rings. The Morgan fingerprint density at radius 3 is 1.99 bits per heavy atom. The van der Waals surface area contributed by atoms with Gasteiger partial charge in [0.2, 0.25) is 41.4 Å². The van der Waals surface area contributed by atoms with Crippen LogP contribution < -0.4 is 45.0 Å². The Labute approximate surface area is 523 Å². The average Bonchev–Trinajstić information content (AvgIpc) is 1.53. The molecule has 2 aromatic rings. The van der Waals surface area contributed by atoms with E-state index in [1.807, 2.05) is 87.4 Å². The van der Waals surface area contributed by atoms with Gasteiger partial charge in [-0.3, -0.25) is 57.6 Å². The third-order valence-corrected chi connectivity index (χ3v) is 21.7. The summed E-state index contributed by atoms with van der Waals surface area (Å²) in [5.41, 5.74) is 37.4. The molecule has 8 bridgehead atoms. The molecule has 6 aliphatic rings. The monoisotopic (exact) mass is 1270 g/mol. The van der Waals surface area contributed by atoms with Crippen LogP contribution in [-0.2, 0) is 51.9 Å². The molecular formula is C62H90N13O14P. The molecule has 17 N–H and O–H groups in total. The second-order valence-corrected chi connectivity index (χ2v) is 28.4. The van der Waals surface area contributed by atoms with Crippen LogP contribution in [0.15, 0.2) is 67.8 Å². The maximum Gasteiger partial charge on any atom is 0.472 e. The number of primary amides is 6. The van der Waals surface area contributed by atoms with Crippen molar-refractivity contribution in [3.63, 3.8) is 0 Å². The van der Waals surface area contributed by atoms with Gasteiger partial charge in [-0.1, -0.05) is 34.6 Å². The van der Waals surface area contributed by atoms with Gasteiger partial charge in [0.05, 0.1) is 41.7 Å². The first-order valence-corrected chi connectivity index (χ1v) is 32.1. The fourth-order valence-electron chi connectivity index (χ4n) is 15.4. The normalized spacial score (nSPS) is 32.0. The number of aliphatic hydroxyl groups excluding tert-OH is 2. The van der Waals surface area contributed by atoms with Crippen LogP contribution in [0.1, 0.15) is 150 Å². The van der Waals surface area contributed by atoms with E-state index < -0.39 is 143 Å². The number of carbonyl (C=O) groups is 7. The van der Waals surface area contributed by atoms with Crippen molar-refractivity contribution in [2.75, 3.05) is 13.2 Å². The number of rotatable bonds is 26. The van der Waals surface area contributed by atoms with Crippen molar-refractivity contribution in [2.24, 2.45) is 94.7 Å². The zero-order valence-corrected chi connectivity index (χ0v) is 54.1. The highest BCUT2D eigenvalue weighted by Gasteiger charge is 2.66. The van der Waals surface area contributed by atoms with Gasteiger partial charge >= 0.3 is 7.82 Å². The Morgan fingerprint density at radius 2 is 1.40 bits per heavy atom. The van der Waals surface area contributed by atoms with E-state index in [4.69, 9.17) is 63.2 Å². The number of carbonyl (C=O) groups excluding carboxylic acids is 7. The van der Waals surface area contributed by atoms with E-state index in [9.17, 15) is 53.2 Å². The van der Waals surface area contributed by atoms with Gasteiger partial charge < -0.3 is 69.4 Å². The molecule has 90 heavy (non-hydrogen) atoms. The molecule has 6 aliphatic heterocycles. The second-order valence-electron chi connectivity index (χ2n) is 27.1. The first kappa shape index (κ1) is 68.9. The molecule has 1 aromatic heterocycles. The number of nitrogens with one attached hydrogen (secondary N) is 2. The number of aliphatic hydroxyl groups is 2. The summed E-state index contributed by atoms with van der Waals surface area (Å²) in [4.78, 5) is 126. The summed E-state index contributed by atoms with van der Waals surface area (Å²) < 4.78 is 32.3. The van der Waals surface area contributed by atoms with Gasteiger partial charge in [0.25, 0.3) is 0 Å². The highest BCUT2D eigenvalue weighted by atomic mass is 31.2. The lowest BCUT2D eigenvalue weighted by Gasteiger charge is -2.48. The largest absolute Gasteiger partial charge is 0.472 e. The molecule has 15 atom stereocenters. The number of fused-ring (bicyclic) bond motifs is 7. The molecule has 27 nitrogen and oxygen atoms in total. The molecule has 2 saturated heterocycles. The fraction of sp³-hybridized carbons (Fsp3) is 0.629. The molecule has 0 spiro atoms. The van der Waals surface area contributed by atoms with Crippen molar-refractivity contribution in [3.8, 4) is 0 Å². The quantitative estimate of drug-likeness (QED) is 0.0603. The Bertz CT molecular complexity index is 3540. The van der Waals surface area contributed by atoms with Crippen LogP contribution in [0, 0.1) is 59.2 Å². The minimum atomic E-state index is -5.07. The van der Waals surface area contributed by atoms with E-state index in [-0.39, 0.29) is 77.2 Å². The number of imidazole rings is 1. The molecular weight excluding hydrogens is 1180 g/mol. The van der Waals surface area contributed by atoms with Crippen molar-refractivity contribution in [3.05, 3.63) is 63.9 Å². The summed E-state index contributed by atoms with van der Waals surface area (Å²) in [5, 5.41) is 28.2. The molecule has 7 heterocycles. The topological polar surface area (TPSA) is 460 Å².